The van der Waals surface area contributed by atoms with Gasteiger partial charge in [-0.1, -0.05) is 57.7 Å². The lowest BCUT2D eigenvalue weighted by atomic mass is 9.96. The van der Waals surface area contributed by atoms with Crippen LogP contribution in [0.2, 0.25) is 0 Å². The number of amides is 2. The summed E-state index contributed by atoms with van der Waals surface area (Å²) in [4.78, 5) is 39.0. The number of hydrogen-bond acceptors (Lipinski definition) is 4. The van der Waals surface area contributed by atoms with Crippen molar-refractivity contribution in [2.24, 2.45) is 5.92 Å². The number of anilines is 1. The minimum absolute atomic E-state index is 0.0735. The Hall–Kier alpha value is -2.37. The van der Waals surface area contributed by atoms with Crippen LogP contribution in [0.25, 0.3) is 0 Å². The number of nitrogens with zero attached hydrogens (tertiary/aromatic N) is 1. The lowest BCUT2D eigenvalue weighted by Crippen LogP contribution is -2.38. The first kappa shape index (κ1) is 22.3. The minimum Gasteiger partial charge on any atom is -0.455 e. The third kappa shape index (κ3) is 5.61. The Kier molecular flexibility index (Phi) is 7.88. The van der Waals surface area contributed by atoms with E-state index in [2.05, 4.69) is 19.2 Å². The third-order valence-electron chi connectivity index (χ3n) is 6.40. The molecule has 1 aromatic carbocycles. The van der Waals surface area contributed by atoms with Gasteiger partial charge in [0, 0.05) is 24.7 Å². The van der Waals surface area contributed by atoms with Crippen LogP contribution in [0.1, 0.15) is 76.7 Å². The number of carbonyl (C=O) groups is 3. The number of carbonyl (C=O) groups excluding carboxylic acids is 3. The molecular formula is C24H34N2O4. The predicted octanol–water partition coefficient (Wildman–Crippen LogP) is 3.94. The molecule has 2 atom stereocenters. The maximum absolute atomic E-state index is 12.6. The van der Waals surface area contributed by atoms with E-state index >= 15 is 0 Å². The van der Waals surface area contributed by atoms with Crippen molar-refractivity contribution in [3.05, 3.63) is 29.8 Å². The summed E-state index contributed by atoms with van der Waals surface area (Å²) in [5.74, 6) is -1.00. The number of para-hydroxylation sites is 1. The van der Waals surface area contributed by atoms with Crippen molar-refractivity contribution in [1.82, 2.24) is 5.32 Å². The molecule has 0 radical (unpaired) electrons. The van der Waals surface area contributed by atoms with Crippen LogP contribution in [0, 0.1) is 5.92 Å². The molecule has 1 saturated heterocycles. The van der Waals surface area contributed by atoms with Gasteiger partial charge in [0.2, 0.25) is 5.91 Å². The van der Waals surface area contributed by atoms with Crippen molar-refractivity contribution in [2.45, 2.75) is 77.2 Å². The van der Waals surface area contributed by atoms with Crippen LogP contribution in [0.15, 0.2) is 24.3 Å². The Morgan fingerprint density at radius 1 is 1.17 bits per heavy atom. The second-order valence-corrected chi connectivity index (χ2v) is 8.64. The largest absolute Gasteiger partial charge is 0.455 e. The Bertz CT molecular complexity index is 755. The molecule has 3 rings (SSSR count). The molecule has 1 saturated carbocycles. The molecule has 2 fully saturated rings. The fourth-order valence-corrected chi connectivity index (χ4v) is 4.42. The summed E-state index contributed by atoms with van der Waals surface area (Å²) in [5, 5.41) is 2.98. The predicted molar refractivity (Wildman–Crippen MR) is 116 cm³/mol. The maximum atomic E-state index is 12.6. The number of ether oxygens (including phenoxy) is 1. The second kappa shape index (κ2) is 10.6. The normalized spacial score (nSPS) is 21.2. The number of hydrogen-bond donors (Lipinski definition) is 1. The highest BCUT2D eigenvalue weighted by atomic mass is 16.5. The summed E-state index contributed by atoms with van der Waals surface area (Å²) < 4.78 is 5.26. The van der Waals surface area contributed by atoms with E-state index < -0.39 is 11.9 Å². The van der Waals surface area contributed by atoms with Gasteiger partial charge >= 0.3 is 5.97 Å². The van der Waals surface area contributed by atoms with Crippen molar-refractivity contribution < 1.29 is 19.1 Å². The maximum Gasteiger partial charge on any atom is 0.311 e. The van der Waals surface area contributed by atoms with Gasteiger partial charge in [0.1, 0.15) is 0 Å². The van der Waals surface area contributed by atoms with Gasteiger partial charge in [0.05, 0.1) is 5.92 Å². The highest BCUT2D eigenvalue weighted by molar-refractivity contribution is 6.00. The smallest absolute Gasteiger partial charge is 0.311 e. The molecule has 2 aliphatic rings. The van der Waals surface area contributed by atoms with Crippen LogP contribution in [-0.2, 0) is 19.1 Å². The number of benzene rings is 1. The second-order valence-electron chi connectivity index (χ2n) is 8.64. The Labute approximate surface area is 179 Å². The summed E-state index contributed by atoms with van der Waals surface area (Å²) in [6, 6.07) is 8.05. The van der Waals surface area contributed by atoms with Crippen molar-refractivity contribution in [2.75, 3.05) is 18.1 Å². The number of rotatable bonds is 7. The quantitative estimate of drug-likeness (QED) is 0.542. The topological polar surface area (TPSA) is 75.7 Å². The van der Waals surface area contributed by atoms with Gasteiger partial charge < -0.3 is 15.0 Å². The fourth-order valence-electron chi connectivity index (χ4n) is 4.42. The molecule has 0 spiro atoms. The molecule has 1 N–H and O–H groups in total. The summed E-state index contributed by atoms with van der Waals surface area (Å²) in [7, 11) is 0. The SMILES string of the molecule is CC[C@@H](C)c1ccccc1N1C[C@H](C(=O)OCC(=O)NC2CCCCCC2)CC1=O. The van der Waals surface area contributed by atoms with Gasteiger partial charge in [0.25, 0.3) is 5.91 Å². The summed E-state index contributed by atoms with van der Waals surface area (Å²) >= 11 is 0. The monoisotopic (exact) mass is 414 g/mol. The number of esters is 1. The van der Waals surface area contributed by atoms with Gasteiger partial charge in [-0.05, 0) is 36.8 Å². The standard InChI is InChI=1S/C24H34N2O4/c1-3-17(2)20-12-8-9-13-21(20)26-15-18(14-23(26)28)24(29)30-16-22(27)25-19-10-6-4-5-7-11-19/h8-9,12-13,17-19H,3-7,10-11,14-16H2,1-2H3,(H,25,27)/t17-,18-/m1/s1. The Morgan fingerprint density at radius 2 is 1.87 bits per heavy atom. The van der Waals surface area contributed by atoms with Crippen LogP contribution in [-0.4, -0.2) is 37.0 Å². The van der Waals surface area contributed by atoms with Gasteiger partial charge in [-0.2, -0.15) is 0 Å². The van der Waals surface area contributed by atoms with E-state index in [0.29, 0.717) is 12.5 Å². The molecule has 0 bridgehead atoms. The molecule has 30 heavy (non-hydrogen) atoms. The lowest BCUT2D eigenvalue weighted by Gasteiger charge is -2.23. The van der Waals surface area contributed by atoms with E-state index in [1.54, 1.807) is 4.90 Å². The zero-order valence-electron chi connectivity index (χ0n) is 18.2. The van der Waals surface area contributed by atoms with E-state index in [1.165, 1.54) is 12.8 Å². The molecule has 6 nitrogen and oxygen atoms in total. The van der Waals surface area contributed by atoms with E-state index in [0.717, 1.165) is 43.4 Å². The first-order chi connectivity index (χ1) is 14.5. The molecule has 0 aromatic heterocycles. The van der Waals surface area contributed by atoms with Crippen LogP contribution >= 0.6 is 0 Å². The van der Waals surface area contributed by atoms with Gasteiger partial charge in [0.15, 0.2) is 6.61 Å². The van der Waals surface area contributed by atoms with E-state index in [4.69, 9.17) is 4.74 Å². The van der Waals surface area contributed by atoms with Crippen molar-refractivity contribution in [3.8, 4) is 0 Å². The zero-order chi connectivity index (χ0) is 21.5. The zero-order valence-corrected chi connectivity index (χ0v) is 18.2. The van der Waals surface area contributed by atoms with Gasteiger partial charge in [-0.15, -0.1) is 0 Å². The average Bonchev–Trinajstić information content (AvgIpc) is 2.96. The van der Waals surface area contributed by atoms with E-state index in [9.17, 15) is 14.4 Å². The average molecular weight is 415 g/mol. The third-order valence-corrected chi connectivity index (χ3v) is 6.40. The Balaban J connectivity index is 1.53. The molecular weight excluding hydrogens is 380 g/mol. The molecule has 164 valence electrons. The summed E-state index contributed by atoms with van der Waals surface area (Å²) in [6.07, 6.45) is 7.76. The van der Waals surface area contributed by atoms with Crippen LogP contribution < -0.4 is 10.2 Å². The molecule has 0 unspecified atom stereocenters. The van der Waals surface area contributed by atoms with Gasteiger partial charge in [-0.3, -0.25) is 14.4 Å². The molecule has 1 aromatic rings. The van der Waals surface area contributed by atoms with E-state index in [1.807, 2.05) is 24.3 Å². The first-order valence-corrected chi connectivity index (χ1v) is 11.3. The van der Waals surface area contributed by atoms with Crippen LogP contribution in [0.4, 0.5) is 5.69 Å². The molecule has 6 heteroatoms. The van der Waals surface area contributed by atoms with Crippen LogP contribution in [0.3, 0.4) is 0 Å². The summed E-state index contributed by atoms with van der Waals surface area (Å²) in [5.41, 5.74) is 1.99. The molecule has 1 heterocycles. The highest BCUT2D eigenvalue weighted by Crippen LogP contribution is 2.33. The van der Waals surface area contributed by atoms with Gasteiger partial charge in [-0.25, -0.2) is 0 Å². The van der Waals surface area contributed by atoms with E-state index in [-0.39, 0.29) is 30.9 Å². The molecule has 2 amide bonds. The molecule has 1 aliphatic carbocycles. The molecule has 1 aliphatic heterocycles. The van der Waals surface area contributed by atoms with Crippen molar-refractivity contribution in [3.63, 3.8) is 0 Å². The van der Waals surface area contributed by atoms with Crippen LogP contribution in [0.5, 0.6) is 0 Å². The minimum atomic E-state index is -0.534. The summed E-state index contributed by atoms with van der Waals surface area (Å²) in [6.45, 7) is 4.28. The van der Waals surface area contributed by atoms with Crippen molar-refractivity contribution in [1.29, 1.82) is 0 Å². The lowest BCUT2D eigenvalue weighted by molar-refractivity contribution is -0.152. The highest BCUT2D eigenvalue weighted by Gasteiger charge is 2.37. The number of nitrogens with one attached hydrogen (secondary N) is 1. The first-order valence-electron chi connectivity index (χ1n) is 11.3. The fraction of sp³-hybridized carbons (Fsp3) is 0.625. The Morgan fingerprint density at radius 3 is 2.57 bits per heavy atom. The van der Waals surface area contributed by atoms with Crippen molar-refractivity contribution >= 4 is 23.5 Å².